The van der Waals surface area contributed by atoms with Crippen LogP contribution in [0.5, 0.6) is 0 Å². The molecule has 0 amide bonds. The molecule has 2 N–H and O–H groups in total. The molecule has 2 atom stereocenters. The van der Waals surface area contributed by atoms with E-state index in [0.29, 0.717) is 19.0 Å². The molecule has 118 valence electrons. The van der Waals surface area contributed by atoms with Crippen LogP contribution in [0.2, 0.25) is 0 Å². The minimum Gasteiger partial charge on any atom is -0.480 e. The van der Waals surface area contributed by atoms with E-state index < -0.39 is 11.5 Å². The molecule has 2 unspecified atom stereocenters. The van der Waals surface area contributed by atoms with Crippen LogP contribution in [0.4, 0.5) is 0 Å². The Morgan fingerprint density at radius 1 is 1.40 bits per heavy atom. The van der Waals surface area contributed by atoms with Crippen molar-refractivity contribution in [1.29, 1.82) is 0 Å². The van der Waals surface area contributed by atoms with Gasteiger partial charge in [-0.25, -0.2) is 0 Å². The van der Waals surface area contributed by atoms with E-state index in [4.69, 9.17) is 0 Å². The molecule has 1 rings (SSSR count). The Balaban J connectivity index is 2.28. The number of carboxylic acids is 1. The third-order valence-corrected chi connectivity index (χ3v) is 4.38. The molecule has 1 saturated heterocycles. The van der Waals surface area contributed by atoms with Gasteiger partial charge in [-0.1, -0.05) is 6.92 Å². The molecule has 0 aliphatic carbocycles. The van der Waals surface area contributed by atoms with Gasteiger partial charge in [-0.3, -0.25) is 9.69 Å². The SMILES string of the molecule is CCNC(C)(CCCCN1CCN(C)CC1C)C(=O)O. The van der Waals surface area contributed by atoms with Crippen LogP contribution in [-0.2, 0) is 4.79 Å². The van der Waals surface area contributed by atoms with Gasteiger partial charge in [0.15, 0.2) is 0 Å². The first-order chi connectivity index (χ1) is 9.39. The zero-order valence-electron chi connectivity index (χ0n) is 13.5. The summed E-state index contributed by atoms with van der Waals surface area (Å²) < 4.78 is 0. The van der Waals surface area contributed by atoms with Crippen molar-refractivity contribution in [2.24, 2.45) is 0 Å². The van der Waals surface area contributed by atoms with Gasteiger partial charge in [0.25, 0.3) is 0 Å². The maximum atomic E-state index is 11.3. The highest BCUT2D eigenvalue weighted by Crippen LogP contribution is 2.16. The fourth-order valence-electron chi connectivity index (χ4n) is 2.96. The zero-order valence-corrected chi connectivity index (χ0v) is 13.5. The summed E-state index contributed by atoms with van der Waals surface area (Å²) in [6.45, 7) is 11.2. The molecule has 0 radical (unpaired) electrons. The highest BCUT2D eigenvalue weighted by molar-refractivity contribution is 5.78. The first-order valence-corrected chi connectivity index (χ1v) is 7.80. The summed E-state index contributed by atoms with van der Waals surface area (Å²) in [7, 11) is 2.17. The number of nitrogens with one attached hydrogen (secondary N) is 1. The van der Waals surface area contributed by atoms with Crippen molar-refractivity contribution < 1.29 is 9.90 Å². The van der Waals surface area contributed by atoms with Crippen LogP contribution in [0.3, 0.4) is 0 Å². The molecule has 1 aliphatic heterocycles. The van der Waals surface area contributed by atoms with Crippen molar-refractivity contribution >= 4 is 5.97 Å². The van der Waals surface area contributed by atoms with Crippen LogP contribution >= 0.6 is 0 Å². The van der Waals surface area contributed by atoms with E-state index in [-0.39, 0.29) is 0 Å². The third kappa shape index (κ3) is 5.04. The first kappa shape index (κ1) is 17.4. The van der Waals surface area contributed by atoms with Crippen molar-refractivity contribution in [2.45, 2.75) is 51.6 Å². The molecular formula is C15H31N3O2. The predicted octanol–water partition coefficient (Wildman–Crippen LogP) is 1.25. The fraction of sp³-hybridized carbons (Fsp3) is 0.933. The van der Waals surface area contributed by atoms with E-state index in [2.05, 4.69) is 29.1 Å². The first-order valence-electron chi connectivity index (χ1n) is 7.80. The van der Waals surface area contributed by atoms with Gasteiger partial charge in [-0.2, -0.15) is 0 Å². The van der Waals surface area contributed by atoms with Crippen molar-refractivity contribution in [2.75, 3.05) is 39.8 Å². The number of hydrogen-bond donors (Lipinski definition) is 2. The summed E-state index contributed by atoms with van der Waals surface area (Å²) in [5.41, 5.74) is -0.775. The third-order valence-electron chi connectivity index (χ3n) is 4.38. The lowest BCUT2D eigenvalue weighted by molar-refractivity contribution is -0.144. The van der Waals surface area contributed by atoms with Crippen molar-refractivity contribution in [3.8, 4) is 0 Å². The summed E-state index contributed by atoms with van der Waals surface area (Å²) in [4.78, 5) is 16.2. The maximum Gasteiger partial charge on any atom is 0.323 e. The van der Waals surface area contributed by atoms with Crippen LogP contribution in [0.15, 0.2) is 0 Å². The number of likely N-dealkylation sites (N-methyl/N-ethyl adjacent to an activating group) is 2. The lowest BCUT2D eigenvalue weighted by Gasteiger charge is -2.38. The van der Waals surface area contributed by atoms with Gasteiger partial charge in [-0.15, -0.1) is 0 Å². The molecule has 5 heteroatoms. The summed E-state index contributed by atoms with van der Waals surface area (Å²) in [5, 5.41) is 12.4. The minimum atomic E-state index is -0.775. The largest absolute Gasteiger partial charge is 0.480 e. The van der Waals surface area contributed by atoms with Crippen LogP contribution in [0.1, 0.15) is 40.0 Å². The zero-order chi connectivity index (χ0) is 15.2. The number of aliphatic carboxylic acids is 1. The number of rotatable bonds is 8. The highest BCUT2D eigenvalue weighted by Gasteiger charge is 2.31. The van der Waals surface area contributed by atoms with E-state index in [1.807, 2.05) is 6.92 Å². The molecule has 1 aliphatic rings. The average Bonchev–Trinajstić information content (AvgIpc) is 2.37. The lowest BCUT2D eigenvalue weighted by Crippen LogP contribution is -2.51. The summed E-state index contributed by atoms with van der Waals surface area (Å²) in [5.74, 6) is -0.743. The van der Waals surface area contributed by atoms with Gasteiger partial charge >= 0.3 is 5.97 Å². The monoisotopic (exact) mass is 285 g/mol. The van der Waals surface area contributed by atoms with Gasteiger partial charge in [0, 0.05) is 25.7 Å². The second kappa shape index (κ2) is 7.96. The number of nitrogens with zero attached hydrogens (tertiary/aromatic N) is 2. The molecule has 5 nitrogen and oxygen atoms in total. The highest BCUT2D eigenvalue weighted by atomic mass is 16.4. The van der Waals surface area contributed by atoms with Crippen molar-refractivity contribution in [3.05, 3.63) is 0 Å². The maximum absolute atomic E-state index is 11.3. The second-order valence-electron chi connectivity index (χ2n) is 6.27. The molecule has 0 aromatic heterocycles. The van der Waals surface area contributed by atoms with Gasteiger partial charge in [-0.05, 0) is 53.2 Å². The molecule has 1 fully saturated rings. The van der Waals surface area contributed by atoms with Crippen LogP contribution < -0.4 is 5.32 Å². The summed E-state index contributed by atoms with van der Waals surface area (Å²) in [6, 6.07) is 0.605. The van der Waals surface area contributed by atoms with E-state index in [1.54, 1.807) is 6.92 Å². The molecule has 0 spiro atoms. The van der Waals surface area contributed by atoms with E-state index >= 15 is 0 Å². The van der Waals surface area contributed by atoms with Crippen molar-refractivity contribution in [1.82, 2.24) is 15.1 Å². The Kier molecular flexibility index (Phi) is 6.92. The molecule has 0 aromatic rings. The van der Waals surface area contributed by atoms with Crippen LogP contribution in [-0.4, -0.2) is 72.2 Å². The van der Waals surface area contributed by atoms with Crippen molar-refractivity contribution in [3.63, 3.8) is 0 Å². The molecule has 0 aromatic carbocycles. The van der Waals surface area contributed by atoms with Gasteiger partial charge in [0.05, 0.1) is 0 Å². The molecule has 1 heterocycles. The van der Waals surface area contributed by atoms with Crippen LogP contribution in [0.25, 0.3) is 0 Å². The number of piperazine rings is 1. The fourth-order valence-corrected chi connectivity index (χ4v) is 2.96. The standard InChI is InChI=1S/C15H31N3O2/c1-5-16-15(3,14(19)20)8-6-7-9-18-11-10-17(4)12-13(18)2/h13,16H,5-12H2,1-4H3,(H,19,20). The molecule has 0 bridgehead atoms. The van der Waals surface area contributed by atoms with E-state index in [1.165, 1.54) is 0 Å². The Bertz CT molecular complexity index is 311. The summed E-state index contributed by atoms with van der Waals surface area (Å²) in [6.07, 6.45) is 2.72. The lowest BCUT2D eigenvalue weighted by atomic mass is 9.94. The Hall–Kier alpha value is -0.650. The number of unbranched alkanes of at least 4 members (excludes halogenated alkanes) is 1. The molecular weight excluding hydrogens is 254 g/mol. The molecule has 20 heavy (non-hydrogen) atoms. The van der Waals surface area contributed by atoms with Gasteiger partial charge in [0.2, 0.25) is 0 Å². The summed E-state index contributed by atoms with van der Waals surface area (Å²) >= 11 is 0. The minimum absolute atomic E-state index is 0.605. The Morgan fingerprint density at radius 2 is 2.10 bits per heavy atom. The number of carboxylic acid groups (broad SMARTS) is 1. The second-order valence-corrected chi connectivity index (χ2v) is 6.27. The van der Waals surface area contributed by atoms with E-state index in [0.717, 1.165) is 39.0 Å². The van der Waals surface area contributed by atoms with Gasteiger partial charge in [0.1, 0.15) is 5.54 Å². The smallest absolute Gasteiger partial charge is 0.323 e. The Labute approximate surface area is 123 Å². The Morgan fingerprint density at radius 3 is 2.65 bits per heavy atom. The quantitative estimate of drug-likeness (QED) is 0.657. The van der Waals surface area contributed by atoms with Gasteiger partial charge < -0.3 is 15.3 Å². The topological polar surface area (TPSA) is 55.8 Å². The predicted molar refractivity (Wildman–Crippen MR) is 82.1 cm³/mol. The average molecular weight is 285 g/mol. The number of hydrogen-bond acceptors (Lipinski definition) is 4. The normalized spacial score (nSPS) is 24.5. The molecule has 0 saturated carbocycles. The number of carbonyl (C=O) groups is 1. The van der Waals surface area contributed by atoms with Crippen LogP contribution in [0, 0.1) is 0 Å². The van der Waals surface area contributed by atoms with E-state index in [9.17, 15) is 9.90 Å².